The second kappa shape index (κ2) is 7.78. The first-order chi connectivity index (χ1) is 10.5. The fourth-order valence-electron chi connectivity index (χ4n) is 3.99. The average Bonchev–Trinajstić information content (AvgIpc) is 2.53. The van der Waals surface area contributed by atoms with Crippen molar-refractivity contribution in [2.24, 2.45) is 5.92 Å². The van der Waals surface area contributed by atoms with Gasteiger partial charge in [-0.25, -0.2) is 0 Å². The van der Waals surface area contributed by atoms with E-state index in [1.165, 1.54) is 32.1 Å². The zero-order chi connectivity index (χ0) is 16.2. The van der Waals surface area contributed by atoms with Crippen LogP contribution in [0.25, 0.3) is 0 Å². The van der Waals surface area contributed by atoms with Crippen LogP contribution in [0.4, 0.5) is 0 Å². The Kier molecular flexibility index (Phi) is 6.28. The summed E-state index contributed by atoms with van der Waals surface area (Å²) in [5, 5.41) is 1.59. The van der Waals surface area contributed by atoms with Gasteiger partial charge in [0.2, 0.25) is 0 Å². The van der Waals surface area contributed by atoms with Crippen molar-refractivity contribution >= 4 is 13.3 Å². The molecule has 0 spiro atoms. The van der Waals surface area contributed by atoms with Crippen molar-refractivity contribution in [3.8, 4) is 0 Å². The first kappa shape index (κ1) is 17.7. The molecule has 22 heavy (non-hydrogen) atoms. The lowest BCUT2D eigenvalue weighted by Crippen LogP contribution is -2.53. The van der Waals surface area contributed by atoms with Crippen molar-refractivity contribution < 1.29 is 4.74 Å². The lowest BCUT2D eigenvalue weighted by molar-refractivity contribution is -0.0748. The first-order valence-corrected chi connectivity index (χ1v) is 12.3. The topological polar surface area (TPSA) is 9.23 Å². The van der Waals surface area contributed by atoms with Gasteiger partial charge in [0.05, 0.1) is 20.3 Å². The van der Waals surface area contributed by atoms with E-state index in [2.05, 4.69) is 64.2 Å². The van der Waals surface area contributed by atoms with Crippen molar-refractivity contribution in [2.75, 3.05) is 0 Å². The molecule has 3 atom stereocenters. The Balaban J connectivity index is 2.19. The number of ether oxygens (including phenoxy) is 1. The van der Waals surface area contributed by atoms with E-state index in [1.54, 1.807) is 5.19 Å². The van der Waals surface area contributed by atoms with E-state index in [4.69, 9.17) is 4.74 Å². The Morgan fingerprint density at radius 3 is 2.41 bits per heavy atom. The zero-order valence-corrected chi connectivity index (χ0v) is 16.1. The molecule has 0 unspecified atom stereocenters. The highest BCUT2D eigenvalue weighted by molar-refractivity contribution is 6.91. The van der Waals surface area contributed by atoms with Crippen molar-refractivity contribution in [1.82, 2.24) is 0 Å². The fourth-order valence-corrected chi connectivity index (χ4v) is 7.53. The molecule has 1 aliphatic rings. The van der Waals surface area contributed by atoms with Crippen LogP contribution < -0.4 is 5.19 Å². The number of benzene rings is 1. The molecule has 0 amide bonds. The molecule has 0 radical (unpaired) electrons. The van der Waals surface area contributed by atoms with Crippen molar-refractivity contribution in [3.05, 3.63) is 30.3 Å². The third-order valence-electron chi connectivity index (χ3n) is 5.59. The molecule has 1 aromatic rings. The molecule has 1 aromatic carbocycles. The van der Waals surface area contributed by atoms with E-state index in [9.17, 15) is 0 Å². The quantitative estimate of drug-likeness (QED) is 0.641. The molecule has 0 bridgehead atoms. The van der Waals surface area contributed by atoms with Gasteiger partial charge in [0, 0.05) is 0 Å². The van der Waals surface area contributed by atoms with Gasteiger partial charge in [0.15, 0.2) is 0 Å². The molecule has 0 saturated carbocycles. The Morgan fingerprint density at radius 1 is 1.14 bits per heavy atom. The summed E-state index contributed by atoms with van der Waals surface area (Å²) in [5.74, 6) is 0.645. The Labute approximate surface area is 138 Å². The van der Waals surface area contributed by atoms with Crippen LogP contribution >= 0.6 is 0 Å². The SMILES string of the molecule is CCCC[C@H]1O[C@@H](C(C)C)CC[C@@H]1[Si](C)(C)c1ccccc1. The molecule has 1 saturated heterocycles. The molecule has 1 nitrogen and oxygen atoms in total. The summed E-state index contributed by atoms with van der Waals surface area (Å²) < 4.78 is 6.61. The molecule has 1 fully saturated rings. The number of hydrogen-bond acceptors (Lipinski definition) is 1. The summed E-state index contributed by atoms with van der Waals surface area (Å²) in [6.45, 7) is 12.0. The minimum absolute atomic E-state index is 0.471. The largest absolute Gasteiger partial charge is 0.375 e. The summed E-state index contributed by atoms with van der Waals surface area (Å²) in [5.41, 5.74) is 0.761. The Morgan fingerprint density at radius 2 is 1.82 bits per heavy atom. The van der Waals surface area contributed by atoms with Crippen LogP contribution in [0.2, 0.25) is 18.6 Å². The number of hydrogen-bond donors (Lipinski definition) is 0. The molecule has 1 heterocycles. The number of unbranched alkanes of at least 4 members (excludes halogenated alkanes) is 1. The number of rotatable bonds is 6. The van der Waals surface area contributed by atoms with Crippen molar-refractivity contribution in [1.29, 1.82) is 0 Å². The molecular weight excluding hydrogens is 284 g/mol. The summed E-state index contributed by atoms with van der Waals surface area (Å²) in [7, 11) is -1.48. The highest BCUT2D eigenvalue weighted by Gasteiger charge is 2.42. The summed E-state index contributed by atoms with van der Waals surface area (Å²) in [4.78, 5) is 0. The van der Waals surface area contributed by atoms with Crippen LogP contribution in [-0.4, -0.2) is 20.3 Å². The van der Waals surface area contributed by atoms with E-state index in [0.717, 1.165) is 5.54 Å². The Bertz CT molecular complexity index is 440. The van der Waals surface area contributed by atoms with Crippen LogP contribution in [0.3, 0.4) is 0 Å². The predicted molar refractivity (Wildman–Crippen MR) is 99.6 cm³/mol. The van der Waals surface area contributed by atoms with Gasteiger partial charge in [-0.1, -0.05) is 82.2 Å². The van der Waals surface area contributed by atoms with Gasteiger partial charge in [0.1, 0.15) is 0 Å². The van der Waals surface area contributed by atoms with Gasteiger partial charge in [-0.3, -0.25) is 0 Å². The smallest absolute Gasteiger partial charge is 0.0862 e. The van der Waals surface area contributed by atoms with E-state index in [-0.39, 0.29) is 0 Å². The van der Waals surface area contributed by atoms with Crippen LogP contribution in [0.1, 0.15) is 52.9 Å². The van der Waals surface area contributed by atoms with Gasteiger partial charge in [0.25, 0.3) is 0 Å². The van der Waals surface area contributed by atoms with Crippen LogP contribution in [0.15, 0.2) is 30.3 Å². The molecule has 2 heteroatoms. The molecule has 0 aliphatic carbocycles. The lowest BCUT2D eigenvalue weighted by atomic mass is 9.94. The van der Waals surface area contributed by atoms with Crippen LogP contribution in [0.5, 0.6) is 0 Å². The van der Waals surface area contributed by atoms with Gasteiger partial charge in [-0.2, -0.15) is 0 Å². The highest BCUT2D eigenvalue weighted by atomic mass is 28.3. The minimum Gasteiger partial charge on any atom is -0.375 e. The van der Waals surface area contributed by atoms with Crippen LogP contribution in [0, 0.1) is 5.92 Å². The molecule has 1 aliphatic heterocycles. The third-order valence-corrected chi connectivity index (χ3v) is 9.93. The second-order valence-electron chi connectivity index (χ2n) is 7.87. The minimum atomic E-state index is -1.48. The van der Waals surface area contributed by atoms with Gasteiger partial charge < -0.3 is 4.74 Å². The second-order valence-corrected chi connectivity index (χ2v) is 12.6. The Hall–Kier alpha value is -0.603. The van der Waals surface area contributed by atoms with E-state index < -0.39 is 8.07 Å². The molecule has 0 aromatic heterocycles. The zero-order valence-electron chi connectivity index (χ0n) is 15.1. The first-order valence-electron chi connectivity index (χ1n) is 9.17. The van der Waals surface area contributed by atoms with Crippen LogP contribution in [-0.2, 0) is 4.74 Å². The van der Waals surface area contributed by atoms with Gasteiger partial charge >= 0.3 is 0 Å². The van der Waals surface area contributed by atoms with Crippen molar-refractivity contribution in [3.63, 3.8) is 0 Å². The normalized spacial score (nSPS) is 26.4. The van der Waals surface area contributed by atoms with Gasteiger partial charge in [-0.05, 0) is 30.7 Å². The van der Waals surface area contributed by atoms with E-state index in [0.29, 0.717) is 18.1 Å². The third kappa shape index (κ3) is 4.02. The lowest BCUT2D eigenvalue weighted by Gasteiger charge is -2.45. The summed E-state index contributed by atoms with van der Waals surface area (Å²) in [6, 6.07) is 11.2. The highest BCUT2D eigenvalue weighted by Crippen LogP contribution is 2.41. The molecule has 124 valence electrons. The van der Waals surface area contributed by atoms with E-state index >= 15 is 0 Å². The summed E-state index contributed by atoms with van der Waals surface area (Å²) in [6.07, 6.45) is 7.35. The monoisotopic (exact) mass is 318 g/mol. The maximum atomic E-state index is 6.61. The fraction of sp³-hybridized carbons (Fsp3) is 0.700. The maximum absolute atomic E-state index is 6.61. The summed E-state index contributed by atoms with van der Waals surface area (Å²) >= 11 is 0. The molecular formula is C20H34OSi. The average molecular weight is 319 g/mol. The van der Waals surface area contributed by atoms with E-state index in [1.807, 2.05) is 0 Å². The maximum Gasteiger partial charge on any atom is 0.0862 e. The molecule has 2 rings (SSSR count). The van der Waals surface area contributed by atoms with Gasteiger partial charge in [-0.15, -0.1) is 0 Å². The standard InChI is InChI=1S/C20H34OSi/c1-6-7-13-19-20(15-14-18(21-19)16(2)3)22(4,5)17-11-9-8-10-12-17/h8-12,16,18-20H,6-7,13-15H2,1-5H3/t18-,19-,20+/m1/s1. The molecule has 0 N–H and O–H groups in total. The van der Waals surface area contributed by atoms with Crippen molar-refractivity contribution in [2.45, 2.75) is 83.7 Å². The predicted octanol–water partition coefficient (Wildman–Crippen LogP) is 5.37.